The standard InChI is InChI=1S/C14H18Cl2N2O2/c1-17(2)14(19)9-18-5-6-20-13(8-18)10-3-4-11(15)12(16)7-10/h3-4,7,13H,5-6,8-9H2,1-2H3. The van der Waals surface area contributed by atoms with Crippen LogP contribution in [0.1, 0.15) is 11.7 Å². The third kappa shape index (κ3) is 3.85. The fourth-order valence-electron chi connectivity index (χ4n) is 2.09. The van der Waals surface area contributed by atoms with Crippen LogP contribution in [-0.4, -0.2) is 56.0 Å². The molecule has 0 spiro atoms. The van der Waals surface area contributed by atoms with E-state index in [0.29, 0.717) is 29.7 Å². The van der Waals surface area contributed by atoms with Crippen LogP contribution in [0.3, 0.4) is 0 Å². The number of carbonyl (C=O) groups excluding carboxylic acids is 1. The Balaban J connectivity index is 2.02. The van der Waals surface area contributed by atoms with Crippen LogP contribution in [0.2, 0.25) is 10.0 Å². The van der Waals surface area contributed by atoms with E-state index in [1.54, 1.807) is 25.1 Å². The van der Waals surface area contributed by atoms with Crippen molar-refractivity contribution >= 4 is 29.1 Å². The minimum Gasteiger partial charge on any atom is -0.371 e. The van der Waals surface area contributed by atoms with Gasteiger partial charge in [0.25, 0.3) is 0 Å². The van der Waals surface area contributed by atoms with Gasteiger partial charge < -0.3 is 9.64 Å². The summed E-state index contributed by atoms with van der Waals surface area (Å²) in [6.45, 7) is 2.45. The van der Waals surface area contributed by atoms with Gasteiger partial charge in [0.1, 0.15) is 0 Å². The first kappa shape index (κ1) is 15.6. The average molecular weight is 317 g/mol. The van der Waals surface area contributed by atoms with Gasteiger partial charge in [0.15, 0.2) is 0 Å². The third-order valence-electron chi connectivity index (χ3n) is 3.32. The SMILES string of the molecule is CN(C)C(=O)CN1CCOC(c2ccc(Cl)c(Cl)c2)C1. The number of halogens is 2. The van der Waals surface area contributed by atoms with Gasteiger partial charge in [-0.15, -0.1) is 0 Å². The number of nitrogens with zero attached hydrogens (tertiary/aromatic N) is 2. The fourth-order valence-corrected chi connectivity index (χ4v) is 2.40. The largest absolute Gasteiger partial charge is 0.371 e. The molecule has 1 aliphatic heterocycles. The first-order valence-corrected chi connectivity index (χ1v) is 7.22. The second-order valence-electron chi connectivity index (χ2n) is 5.06. The van der Waals surface area contributed by atoms with Gasteiger partial charge in [0.05, 0.1) is 29.3 Å². The van der Waals surface area contributed by atoms with Crippen molar-refractivity contribution in [3.63, 3.8) is 0 Å². The number of hydrogen-bond donors (Lipinski definition) is 0. The number of hydrogen-bond acceptors (Lipinski definition) is 3. The van der Waals surface area contributed by atoms with E-state index >= 15 is 0 Å². The summed E-state index contributed by atoms with van der Waals surface area (Å²) in [6.07, 6.45) is -0.0755. The highest BCUT2D eigenvalue weighted by Crippen LogP contribution is 2.28. The monoisotopic (exact) mass is 316 g/mol. The van der Waals surface area contributed by atoms with Gasteiger partial charge >= 0.3 is 0 Å². The van der Waals surface area contributed by atoms with Crippen molar-refractivity contribution in [2.24, 2.45) is 0 Å². The van der Waals surface area contributed by atoms with Crippen LogP contribution in [0.5, 0.6) is 0 Å². The molecule has 1 atom stereocenters. The molecule has 4 nitrogen and oxygen atoms in total. The minimum atomic E-state index is -0.0755. The molecule has 0 N–H and O–H groups in total. The lowest BCUT2D eigenvalue weighted by molar-refractivity contribution is -0.132. The van der Waals surface area contributed by atoms with Gasteiger partial charge in [-0.2, -0.15) is 0 Å². The molecule has 0 bridgehead atoms. The van der Waals surface area contributed by atoms with Crippen LogP contribution in [0.25, 0.3) is 0 Å². The first-order chi connectivity index (χ1) is 9.47. The number of benzene rings is 1. The Hall–Kier alpha value is -0.810. The zero-order valence-corrected chi connectivity index (χ0v) is 13.1. The third-order valence-corrected chi connectivity index (χ3v) is 4.06. The molecule has 2 rings (SSSR count). The molecule has 20 heavy (non-hydrogen) atoms. The Morgan fingerprint density at radius 2 is 2.15 bits per heavy atom. The van der Waals surface area contributed by atoms with Crippen molar-refractivity contribution in [1.29, 1.82) is 0 Å². The summed E-state index contributed by atoms with van der Waals surface area (Å²) in [4.78, 5) is 15.5. The Bertz CT molecular complexity index is 494. The lowest BCUT2D eigenvalue weighted by Crippen LogP contribution is -2.43. The van der Waals surface area contributed by atoms with Crippen molar-refractivity contribution in [3.05, 3.63) is 33.8 Å². The van der Waals surface area contributed by atoms with Crippen molar-refractivity contribution < 1.29 is 9.53 Å². The number of rotatable bonds is 3. The van der Waals surface area contributed by atoms with Crippen molar-refractivity contribution in [2.45, 2.75) is 6.10 Å². The second kappa shape index (κ2) is 6.76. The average Bonchev–Trinajstić information content (AvgIpc) is 2.42. The van der Waals surface area contributed by atoms with Crippen molar-refractivity contribution in [1.82, 2.24) is 9.80 Å². The number of carbonyl (C=O) groups is 1. The van der Waals surface area contributed by atoms with Gasteiger partial charge in [0, 0.05) is 27.2 Å². The summed E-state index contributed by atoms with van der Waals surface area (Å²) in [5.41, 5.74) is 0.987. The van der Waals surface area contributed by atoms with Crippen LogP contribution < -0.4 is 0 Å². The smallest absolute Gasteiger partial charge is 0.236 e. The molecule has 1 fully saturated rings. The van der Waals surface area contributed by atoms with Crippen LogP contribution in [0.15, 0.2) is 18.2 Å². The van der Waals surface area contributed by atoms with E-state index in [4.69, 9.17) is 27.9 Å². The molecular formula is C14H18Cl2N2O2. The van der Waals surface area contributed by atoms with E-state index < -0.39 is 0 Å². The molecular weight excluding hydrogens is 299 g/mol. The van der Waals surface area contributed by atoms with E-state index in [9.17, 15) is 4.79 Å². The number of ether oxygens (including phenoxy) is 1. The molecule has 0 aliphatic carbocycles. The lowest BCUT2D eigenvalue weighted by atomic mass is 10.1. The molecule has 6 heteroatoms. The highest BCUT2D eigenvalue weighted by molar-refractivity contribution is 6.42. The predicted molar refractivity (Wildman–Crippen MR) is 80.3 cm³/mol. The van der Waals surface area contributed by atoms with E-state index in [2.05, 4.69) is 4.90 Å². The van der Waals surface area contributed by atoms with Crippen molar-refractivity contribution in [2.75, 3.05) is 40.3 Å². The quantitative estimate of drug-likeness (QED) is 0.858. The fraction of sp³-hybridized carbons (Fsp3) is 0.500. The molecule has 1 heterocycles. The summed E-state index contributed by atoms with van der Waals surface area (Å²) in [6, 6.07) is 5.51. The highest BCUT2D eigenvalue weighted by atomic mass is 35.5. The predicted octanol–water partition coefficient (Wildman–Crippen LogP) is 2.45. The molecule has 1 aromatic carbocycles. The summed E-state index contributed by atoms with van der Waals surface area (Å²) < 4.78 is 5.76. The molecule has 0 aromatic heterocycles. The summed E-state index contributed by atoms with van der Waals surface area (Å²) in [5.74, 6) is 0.0970. The summed E-state index contributed by atoms with van der Waals surface area (Å²) in [7, 11) is 3.53. The maximum Gasteiger partial charge on any atom is 0.236 e. The Kier molecular flexibility index (Phi) is 5.27. The van der Waals surface area contributed by atoms with Crippen LogP contribution in [0.4, 0.5) is 0 Å². The molecule has 1 amide bonds. The maximum absolute atomic E-state index is 11.8. The lowest BCUT2D eigenvalue weighted by Gasteiger charge is -2.33. The summed E-state index contributed by atoms with van der Waals surface area (Å²) in [5, 5.41) is 1.06. The maximum atomic E-state index is 11.8. The van der Waals surface area contributed by atoms with E-state index in [1.165, 1.54) is 0 Å². The first-order valence-electron chi connectivity index (χ1n) is 6.46. The molecule has 1 aliphatic rings. The van der Waals surface area contributed by atoms with E-state index in [-0.39, 0.29) is 12.0 Å². The van der Waals surface area contributed by atoms with Gasteiger partial charge in [-0.25, -0.2) is 0 Å². The van der Waals surface area contributed by atoms with Gasteiger partial charge in [0.2, 0.25) is 5.91 Å². The van der Waals surface area contributed by atoms with Crippen LogP contribution >= 0.6 is 23.2 Å². The Morgan fingerprint density at radius 3 is 2.80 bits per heavy atom. The normalized spacial score (nSPS) is 19.9. The topological polar surface area (TPSA) is 32.8 Å². The molecule has 1 aromatic rings. The number of amides is 1. The number of morpholine rings is 1. The Morgan fingerprint density at radius 1 is 1.40 bits per heavy atom. The molecule has 1 saturated heterocycles. The van der Waals surface area contributed by atoms with Crippen LogP contribution in [0, 0.1) is 0 Å². The van der Waals surface area contributed by atoms with E-state index in [1.807, 2.05) is 12.1 Å². The molecule has 110 valence electrons. The summed E-state index contributed by atoms with van der Waals surface area (Å²) >= 11 is 12.0. The molecule has 0 saturated carbocycles. The minimum absolute atomic E-state index is 0.0755. The second-order valence-corrected chi connectivity index (χ2v) is 5.87. The zero-order chi connectivity index (χ0) is 14.7. The number of likely N-dealkylation sites (N-methyl/N-ethyl adjacent to an activating group) is 1. The van der Waals surface area contributed by atoms with Crippen LogP contribution in [-0.2, 0) is 9.53 Å². The van der Waals surface area contributed by atoms with Crippen molar-refractivity contribution in [3.8, 4) is 0 Å². The van der Waals surface area contributed by atoms with Gasteiger partial charge in [-0.05, 0) is 17.7 Å². The Labute approximate surface area is 129 Å². The van der Waals surface area contributed by atoms with Gasteiger partial charge in [-0.1, -0.05) is 29.3 Å². The van der Waals surface area contributed by atoms with E-state index in [0.717, 1.165) is 12.1 Å². The molecule has 1 unspecified atom stereocenters. The highest BCUT2D eigenvalue weighted by Gasteiger charge is 2.24. The zero-order valence-electron chi connectivity index (χ0n) is 11.6. The molecule has 0 radical (unpaired) electrons. The van der Waals surface area contributed by atoms with Gasteiger partial charge in [-0.3, -0.25) is 9.69 Å².